The van der Waals surface area contributed by atoms with Crippen molar-refractivity contribution in [2.75, 3.05) is 32.2 Å². The zero-order valence-electron chi connectivity index (χ0n) is 15.6. The predicted molar refractivity (Wildman–Crippen MR) is 102 cm³/mol. The van der Waals surface area contributed by atoms with Gasteiger partial charge in [0.2, 0.25) is 22.7 Å². The first-order valence-electron chi connectivity index (χ1n) is 9.69. The van der Waals surface area contributed by atoms with Crippen LogP contribution in [0.3, 0.4) is 0 Å². The van der Waals surface area contributed by atoms with Gasteiger partial charge >= 0.3 is 0 Å². The van der Waals surface area contributed by atoms with Crippen molar-refractivity contribution in [1.29, 1.82) is 0 Å². The van der Waals surface area contributed by atoms with Gasteiger partial charge in [0.25, 0.3) is 0 Å². The molecule has 0 aliphatic carbocycles. The molecule has 0 bridgehead atoms. The largest absolute Gasteiger partial charge is 0.454 e. The van der Waals surface area contributed by atoms with Crippen LogP contribution in [0.1, 0.15) is 37.3 Å². The number of benzene rings is 1. The summed E-state index contributed by atoms with van der Waals surface area (Å²) in [5.41, 5.74) is 7.11. The van der Waals surface area contributed by atoms with Gasteiger partial charge in [0.15, 0.2) is 11.5 Å². The molecule has 10 heteroatoms. The number of sulfonamides is 1. The van der Waals surface area contributed by atoms with Crippen LogP contribution in [0.15, 0.2) is 18.2 Å². The third kappa shape index (κ3) is 4.24. The van der Waals surface area contributed by atoms with Crippen molar-refractivity contribution in [3.8, 4) is 11.5 Å². The minimum absolute atomic E-state index is 0.0395. The third-order valence-corrected chi connectivity index (χ3v) is 7.26. The van der Waals surface area contributed by atoms with Crippen LogP contribution in [0.5, 0.6) is 11.5 Å². The van der Waals surface area contributed by atoms with Crippen LogP contribution in [0.2, 0.25) is 0 Å². The van der Waals surface area contributed by atoms with Crippen LogP contribution in [-0.2, 0) is 14.8 Å². The summed E-state index contributed by atoms with van der Waals surface area (Å²) in [4.78, 5) is 12.4. The van der Waals surface area contributed by atoms with E-state index < -0.39 is 16.1 Å². The molecule has 1 aromatic rings. The van der Waals surface area contributed by atoms with E-state index in [2.05, 4.69) is 16.2 Å². The molecule has 3 heterocycles. The Balaban J connectivity index is 1.25. The van der Waals surface area contributed by atoms with Crippen molar-refractivity contribution in [2.45, 2.75) is 37.8 Å². The molecule has 0 radical (unpaired) electrons. The predicted octanol–water partition coefficient (Wildman–Crippen LogP) is 0.255. The Bertz CT molecular complexity index is 825. The molecule has 0 spiro atoms. The van der Waals surface area contributed by atoms with Gasteiger partial charge in [0.05, 0.1) is 5.75 Å². The van der Waals surface area contributed by atoms with E-state index in [0.717, 1.165) is 30.6 Å². The van der Waals surface area contributed by atoms with Gasteiger partial charge in [-0.15, -0.1) is 0 Å². The van der Waals surface area contributed by atoms with Crippen molar-refractivity contribution in [3.63, 3.8) is 0 Å². The van der Waals surface area contributed by atoms with Gasteiger partial charge < -0.3 is 14.8 Å². The van der Waals surface area contributed by atoms with E-state index in [1.807, 2.05) is 18.2 Å². The Morgan fingerprint density at radius 3 is 2.75 bits per heavy atom. The second-order valence-corrected chi connectivity index (χ2v) is 9.40. The van der Waals surface area contributed by atoms with Crippen molar-refractivity contribution in [2.24, 2.45) is 0 Å². The highest BCUT2D eigenvalue weighted by Gasteiger charge is 2.31. The van der Waals surface area contributed by atoms with E-state index in [4.69, 9.17) is 9.47 Å². The highest BCUT2D eigenvalue weighted by molar-refractivity contribution is 7.89. The Kier molecular flexibility index (Phi) is 5.72. The molecule has 154 valence electrons. The lowest BCUT2D eigenvalue weighted by Gasteiger charge is -2.25. The monoisotopic (exact) mass is 410 g/mol. The maximum Gasteiger partial charge on any atom is 0.238 e. The normalized spacial score (nSPS) is 25.0. The molecule has 9 nitrogen and oxygen atoms in total. The number of fused-ring (bicyclic) bond motifs is 1. The molecule has 2 atom stereocenters. The number of nitrogens with one attached hydrogen (secondary N) is 3. The van der Waals surface area contributed by atoms with E-state index in [1.165, 1.54) is 4.31 Å². The van der Waals surface area contributed by atoms with Crippen LogP contribution in [-0.4, -0.2) is 56.9 Å². The number of hydrazine groups is 1. The number of rotatable bonds is 6. The molecule has 0 aromatic heterocycles. The number of hydrogen-bond donors (Lipinski definition) is 3. The average Bonchev–Trinajstić information content (AvgIpc) is 3.37. The third-order valence-electron chi connectivity index (χ3n) is 5.39. The van der Waals surface area contributed by atoms with E-state index >= 15 is 0 Å². The summed E-state index contributed by atoms with van der Waals surface area (Å²) in [5, 5.41) is 2.74. The van der Waals surface area contributed by atoms with E-state index in [9.17, 15) is 13.2 Å². The summed E-state index contributed by atoms with van der Waals surface area (Å²) in [5.74, 6) is 1.16. The fourth-order valence-electron chi connectivity index (χ4n) is 3.78. The fraction of sp³-hybridized carbons (Fsp3) is 0.611. The van der Waals surface area contributed by atoms with Crippen molar-refractivity contribution >= 4 is 15.9 Å². The van der Waals surface area contributed by atoms with Gasteiger partial charge in [0, 0.05) is 25.7 Å². The summed E-state index contributed by atoms with van der Waals surface area (Å²) in [6.45, 7) is 1.51. The lowest BCUT2D eigenvalue weighted by Crippen LogP contribution is -2.45. The Hall–Kier alpha value is -1.88. The van der Waals surface area contributed by atoms with Gasteiger partial charge in [-0.1, -0.05) is 12.5 Å². The highest BCUT2D eigenvalue weighted by Crippen LogP contribution is 2.35. The first-order valence-corrected chi connectivity index (χ1v) is 11.3. The quantitative estimate of drug-likeness (QED) is 0.617. The van der Waals surface area contributed by atoms with Crippen LogP contribution < -0.4 is 25.6 Å². The van der Waals surface area contributed by atoms with Crippen molar-refractivity contribution in [3.05, 3.63) is 23.8 Å². The summed E-state index contributed by atoms with van der Waals surface area (Å²) in [6, 6.07) is 5.25. The second-order valence-electron chi connectivity index (χ2n) is 7.31. The van der Waals surface area contributed by atoms with Gasteiger partial charge in [-0.3, -0.25) is 4.79 Å². The number of nitrogens with zero attached hydrogens (tertiary/aromatic N) is 1. The first kappa shape index (κ1) is 19.4. The Morgan fingerprint density at radius 1 is 1.14 bits per heavy atom. The summed E-state index contributed by atoms with van der Waals surface area (Å²) in [6.07, 6.45) is 3.45. The number of ether oxygens (including phenoxy) is 2. The van der Waals surface area contributed by atoms with Crippen LogP contribution in [0, 0.1) is 0 Å². The summed E-state index contributed by atoms with van der Waals surface area (Å²) >= 11 is 0. The van der Waals surface area contributed by atoms with Crippen LogP contribution in [0.4, 0.5) is 0 Å². The Labute approximate surface area is 164 Å². The Morgan fingerprint density at radius 2 is 1.93 bits per heavy atom. The van der Waals surface area contributed by atoms with Gasteiger partial charge in [-0.05, 0) is 37.0 Å². The molecule has 2 fully saturated rings. The van der Waals surface area contributed by atoms with Crippen LogP contribution >= 0.6 is 0 Å². The molecular weight excluding hydrogens is 384 g/mol. The number of carbonyl (C=O) groups is 1. The molecule has 2 unspecified atom stereocenters. The zero-order chi connectivity index (χ0) is 19.6. The highest BCUT2D eigenvalue weighted by atomic mass is 32.2. The fourth-order valence-corrected chi connectivity index (χ4v) is 5.21. The number of carbonyl (C=O) groups excluding carboxylic acids is 1. The van der Waals surface area contributed by atoms with Crippen molar-refractivity contribution in [1.82, 2.24) is 20.5 Å². The average molecular weight is 410 g/mol. The summed E-state index contributed by atoms with van der Waals surface area (Å²) < 4.78 is 36.9. The lowest BCUT2D eigenvalue weighted by atomic mass is 10.0. The van der Waals surface area contributed by atoms with Crippen molar-refractivity contribution < 1.29 is 22.7 Å². The molecule has 28 heavy (non-hydrogen) atoms. The molecule has 4 rings (SSSR count). The molecule has 3 aliphatic heterocycles. The molecule has 2 saturated heterocycles. The molecule has 0 saturated carbocycles. The second kappa shape index (κ2) is 8.24. The topological polar surface area (TPSA) is 109 Å². The molecule has 1 amide bonds. The zero-order valence-corrected chi connectivity index (χ0v) is 16.5. The van der Waals surface area contributed by atoms with E-state index in [0.29, 0.717) is 25.3 Å². The number of amides is 1. The number of hydrogen-bond acceptors (Lipinski definition) is 7. The number of piperidine rings is 1. The summed E-state index contributed by atoms with van der Waals surface area (Å²) in [7, 11) is -3.31. The maximum atomic E-state index is 12.4. The lowest BCUT2D eigenvalue weighted by molar-refractivity contribution is -0.122. The molecule has 1 aromatic carbocycles. The minimum atomic E-state index is -3.31. The van der Waals surface area contributed by atoms with Gasteiger partial charge in [0.1, 0.15) is 6.04 Å². The minimum Gasteiger partial charge on any atom is -0.454 e. The molecular formula is C18H26N4O5S. The van der Waals surface area contributed by atoms with E-state index in [-0.39, 0.29) is 31.0 Å². The maximum absolute atomic E-state index is 12.4. The van der Waals surface area contributed by atoms with E-state index in [1.54, 1.807) is 0 Å². The smallest absolute Gasteiger partial charge is 0.238 e. The van der Waals surface area contributed by atoms with Gasteiger partial charge in [-0.25, -0.2) is 23.6 Å². The van der Waals surface area contributed by atoms with Crippen LogP contribution in [0.25, 0.3) is 0 Å². The first-order chi connectivity index (χ1) is 13.5. The molecule has 3 aliphatic rings. The SMILES string of the molecule is O=C(NCCS(=O)(=O)N1CCCCC1)C1CC(c2ccc3c(c2)OCO3)NN1. The standard InChI is InChI=1S/C18H26N4O5S/c23-18(19-6-9-28(24,25)22-7-2-1-3-8-22)15-11-14(20-21-15)13-4-5-16-17(10-13)27-12-26-16/h4-5,10,14-15,20-21H,1-3,6-9,11-12H2,(H,19,23). The molecule has 3 N–H and O–H groups in total. The van der Waals surface area contributed by atoms with Gasteiger partial charge in [-0.2, -0.15) is 0 Å².